The molecule has 2 aliphatic heterocycles. The number of carbonyl (C=O) groups is 2. The van der Waals surface area contributed by atoms with E-state index in [0.717, 1.165) is 12.8 Å². The van der Waals surface area contributed by atoms with Crippen molar-refractivity contribution in [2.75, 3.05) is 33.4 Å². The van der Waals surface area contributed by atoms with E-state index in [1.807, 2.05) is 20.8 Å². The summed E-state index contributed by atoms with van der Waals surface area (Å²) in [7, 11) is 1.73. The second kappa shape index (κ2) is 7.66. The van der Waals surface area contributed by atoms with Gasteiger partial charge in [-0.1, -0.05) is 6.07 Å². The molecule has 148 valence electrons. The van der Waals surface area contributed by atoms with Gasteiger partial charge in [-0.3, -0.25) is 4.79 Å². The number of piperidine rings is 1. The average molecular weight is 376 g/mol. The Labute approximate surface area is 160 Å². The Morgan fingerprint density at radius 3 is 2.70 bits per heavy atom. The average Bonchev–Trinajstić information content (AvgIpc) is 2.65. The van der Waals surface area contributed by atoms with Crippen molar-refractivity contribution >= 4 is 12.0 Å². The summed E-state index contributed by atoms with van der Waals surface area (Å²) in [6, 6.07) is 5.29. The predicted octanol–water partition coefficient (Wildman–Crippen LogP) is 2.93. The van der Waals surface area contributed by atoms with Crippen LogP contribution in [-0.2, 0) is 4.74 Å². The van der Waals surface area contributed by atoms with Crippen LogP contribution in [-0.4, -0.2) is 66.8 Å². The molecule has 1 aromatic carbocycles. The molecule has 1 aromatic rings. The maximum atomic E-state index is 13.1. The molecule has 0 aliphatic carbocycles. The van der Waals surface area contributed by atoms with Gasteiger partial charge in [-0.15, -0.1) is 0 Å². The largest absolute Gasteiger partial charge is 0.486 e. The van der Waals surface area contributed by atoms with Crippen molar-refractivity contribution < 1.29 is 23.8 Å². The number of rotatable bonds is 2. The summed E-state index contributed by atoms with van der Waals surface area (Å²) in [6.45, 7) is 7.57. The van der Waals surface area contributed by atoms with Gasteiger partial charge in [-0.2, -0.15) is 0 Å². The number of nitrogens with zero attached hydrogens (tertiary/aromatic N) is 2. The zero-order valence-corrected chi connectivity index (χ0v) is 16.5. The van der Waals surface area contributed by atoms with Crippen LogP contribution < -0.4 is 9.47 Å². The summed E-state index contributed by atoms with van der Waals surface area (Å²) < 4.78 is 16.7. The van der Waals surface area contributed by atoms with Crippen LogP contribution in [0.15, 0.2) is 18.2 Å². The first kappa shape index (κ1) is 19.3. The molecule has 0 N–H and O–H groups in total. The zero-order chi connectivity index (χ0) is 19.6. The first-order valence-electron chi connectivity index (χ1n) is 9.40. The van der Waals surface area contributed by atoms with Gasteiger partial charge in [0.15, 0.2) is 11.5 Å². The van der Waals surface area contributed by atoms with Crippen molar-refractivity contribution in [3.05, 3.63) is 23.8 Å². The highest BCUT2D eigenvalue weighted by molar-refractivity contribution is 5.98. The molecule has 3 rings (SSSR count). The molecular weight excluding hydrogens is 348 g/mol. The van der Waals surface area contributed by atoms with E-state index in [9.17, 15) is 9.59 Å². The smallest absolute Gasteiger partial charge is 0.410 e. The second-order valence-electron chi connectivity index (χ2n) is 7.97. The van der Waals surface area contributed by atoms with E-state index in [0.29, 0.717) is 43.4 Å². The molecule has 1 unspecified atom stereocenters. The predicted molar refractivity (Wildman–Crippen MR) is 100 cm³/mol. The number of benzene rings is 1. The SMILES string of the molecule is CN(C(=O)OC(C)(C)C)C1CCCN(C(=O)c2cccc3c2OCCO3)C1. The molecule has 2 heterocycles. The molecule has 2 aliphatic rings. The van der Waals surface area contributed by atoms with Crippen molar-refractivity contribution in [1.29, 1.82) is 0 Å². The second-order valence-corrected chi connectivity index (χ2v) is 7.97. The van der Waals surface area contributed by atoms with Crippen molar-refractivity contribution in [3.63, 3.8) is 0 Å². The number of ether oxygens (including phenoxy) is 3. The third kappa shape index (κ3) is 4.46. The van der Waals surface area contributed by atoms with Crippen molar-refractivity contribution in [2.45, 2.75) is 45.3 Å². The van der Waals surface area contributed by atoms with Crippen molar-refractivity contribution in [1.82, 2.24) is 9.80 Å². The maximum Gasteiger partial charge on any atom is 0.410 e. The van der Waals surface area contributed by atoms with E-state index < -0.39 is 5.60 Å². The van der Waals surface area contributed by atoms with Crippen molar-refractivity contribution in [3.8, 4) is 11.5 Å². The monoisotopic (exact) mass is 376 g/mol. The molecule has 0 saturated carbocycles. The molecule has 0 aromatic heterocycles. The van der Waals surface area contributed by atoms with Crippen LogP contribution in [0.3, 0.4) is 0 Å². The third-order valence-corrected chi connectivity index (χ3v) is 4.71. The third-order valence-electron chi connectivity index (χ3n) is 4.71. The van der Waals surface area contributed by atoms with Crippen molar-refractivity contribution in [2.24, 2.45) is 0 Å². The van der Waals surface area contributed by atoms with Crippen LogP contribution in [0.2, 0.25) is 0 Å². The summed E-state index contributed by atoms with van der Waals surface area (Å²) in [5.74, 6) is 1.02. The van der Waals surface area contributed by atoms with E-state index in [-0.39, 0.29) is 18.0 Å². The molecule has 27 heavy (non-hydrogen) atoms. The topological polar surface area (TPSA) is 68.3 Å². The fourth-order valence-electron chi connectivity index (χ4n) is 3.35. The van der Waals surface area contributed by atoms with Gasteiger partial charge in [0.25, 0.3) is 5.91 Å². The van der Waals surface area contributed by atoms with E-state index in [4.69, 9.17) is 14.2 Å². The zero-order valence-electron chi connectivity index (χ0n) is 16.5. The number of amides is 2. The molecule has 1 atom stereocenters. The van der Waals surface area contributed by atoms with E-state index in [1.54, 1.807) is 35.0 Å². The number of carbonyl (C=O) groups excluding carboxylic acids is 2. The van der Waals surface area contributed by atoms with E-state index >= 15 is 0 Å². The quantitative estimate of drug-likeness (QED) is 0.794. The summed E-state index contributed by atoms with van der Waals surface area (Å²) in [6.07, 6.45) is 1.30. The van der Waals surface area contributed by atoms with Crippen LogP contribution in [0.5, 0.6) is 11.5 Å². The number of para-hydroxylation sites is 1. The molecular formula is C20H28N2O5. The molecule has 0 radical (unpaired) electrons. The number of likely N-dealkylation sites (N-methyl/N-ethyl adjacent to an activating group) is 1. The normalized spacial score (nSPS) is 19.4. The summed E-state index contributed by atoms with van der Waals surface area (Å²) >= 11 is 0. The summed E-state index contributed by atoms with van der Waals surface area (Å²) in [4.78, 5) is 28.8. The Kier molecular flexibility index (Phi) is 5.48. The van der Waals surface area contributed by atoms with Crippen LogP contribution in [0, 0.1) is 0 Å². The first-order chi connectivity index (χ1) is 12.8. The molecule has 7 nitrogen and oxygen atoms in total. The molecule has 7 heteroatoms. The lowest BCUT2D eigenvalue weighted by molar-refractivity contribution is 0.0131. The van der Waals surface area contributed by atoms with Gasteiger partial charge in [-0.05, 0) is 45.7 Å². The molecule has 1 saturated heterocycles. The van der Waals surface area contributed by atoms with E-state index in [2.05, 4.69) is 0 Å². The number of likely N-dealkylation sites (tertiary alicyclic amines) is 1. The highest BCUT2D eigenvalue weighted by atomic mass is 16.6. The Balaban J connectivity index is 1.71. The molecule has 0 bridgehead atoms. The van der Waals surface area contributed by atoms with Gasteiger partial charge >= 0.3 is 6.09 Å². The number of fused-ring (bicyclic) bond motifs is 1. The highest BCUT2D eigenvalue weighted by Gasteiger charge is 2.32. The minimum absolute atomic E-state index is 0.0748. The summed E-state index contributed by atoms with van der Waals surface area (Å²) in [5, 5.41) is 0. The van der Waals surface area contributed by atoms with Gasteiger partial charge in [0.05, 0.1) is 11.6 Å². The first-order valence-corrected chi connectivity index (χ1v) is 9.40. The van der Waals surface area contributed by atoms with Crippen LogP contribution in [0.4, 0.5) is 4.79 Å². The number of hydrogen-bond donors (Lipinski definition) is 0. The lowest BCUT2D eigenvalue weighted by Crippen LogP contribution is -2.51. The lowest BCUT2D eigenvalue weighted by Gasteiger charge is -2.38. The molecule has 1 fully saturated rings. The maximum absolute atomic E-state index is 13.1. The van der Waals surface area contributed by atoms with Gasteiger partial charge in [0, 0.05) is 20.1 Å². The van der Waals surface area contributed by atoms with Crippen LogP contribution in [0.25, 0.3) is 0 Å². The van der Waals surface area contributed by atoms with Gasteiger partial charge in [-0.25, -0.2) is 4.79 Å². The van der Waals surface area contributed by atoms with Gasteiger partial charge < -0.3 is 24.0 Å². The Bertz CT molecular complexity index is 713. The Morgan fingerprint density at radius 2 is 1.96 bits per heavy atom. The standard InChI is InChI=1S/C20H28N2O5/c1-20(2,3)27-19(24)21(4)14-7-6-10-22(13-14)18(23)15-8-5-9-16-17(15)26-12-11-25-16/h5,8-9,14H,6-7,10-13H2,1-4H3. The Morgan fingerprint density at radius 1 is 1.22 bits per heavy atom. The summed E-state index contributed by atoms with van der Waals surface area (Å²) in [5.41, 5.74) is -0.0385. The van der Waals surface area contributed by atoms with Gasteiger partial charge in [0.1, 0.15) is 18.8 Å². The van der Waals surface area contributed by atoms with Gasteiger partial charge in [0.2, 0.25) is 0 Å². The highest BCUT2D eigenvalue weighted by Crippen LogP contribution is 2.34. The molecule has 0 spiro atoms. The fourth-order valence-corrected chi connectivity index (χ4v) is 3.35. The van der Waals surface area contributed by atoms with Crippen LogP contribution in [0.1, 0.15) is 44.0 Å². The Hall–Kier alpha value is -2.44. The fraction of sp³-hybridized carbons (Fsp3) is 0.600. The van der Waals surface area contributed by atoms with E-state index in [1.165, 1.54) is 0 Å². The molecule has 2 amide bonds. The lowest BCUT2D eigenvalue weighted by atomic mass is 10.0. The number of hydrogen-bond acceptors (Lipinski definition) is 5. The van der Waals surface area contributed by atoms with Crippen LogP contribution >= 0.6 is 0 Å². The minimum Gasteiger partial charge on any atom is -0.486 e. The minimum atomic E-state index is -0.546.